The van der Waals surface area contributed by atoms with Crippen molar-refractivity contribution in [3.63, 3.8) is 0 Å². The van der Waals surface area contributed by atoms with Gasteiger partial charge in [0.15, 0.2) is 0 Å². The first-order chi connectivity index (χ1) is 14.5. The first-order valence-corrected chi connectivity index (χ1v) is 9.24. The number of non-ortho nitro benzene ring substituents is 1. The van der Waals surface area contributed by atoms with Crippen molar-refractivity contribution in [2.24, 2.45) is 0 Å². The van der Waals surface area contributed by atoms with Crippen molar-refractivity contribution < 1.29 is 18.8 Å². The van der Waals surface area contributed by atoms with Gasteiger partial charge in [-0.15, -0.1) is 0 Å². The zero-order chi connectivity index (χ0) is 21.1. The Morgan fingerprint density at radius 2 is 1.90 bits per heavy atom. The minimum absolute atomic E-state index is 0.0357. The molecule has 1 aliphatic heterocycles. The summed E-state index contributed by atoms with van der Waals surface area (Å²) in [5.74, 6) is -0.863. The monoisotopic (exact) mass is 411 g/mol. The van der Waals surface area contributed by atoms with Gasteiger partial charge in [-0.3, -0.25) is 14.9 Å². The van der Waals surface area contributed by atoms with Gasteiger partial charge in [0.25, 0.3) is 11.6 Å². The second-order valence-electron chi connectivity index (χ2n) is 6.67. The van der Waals surface area contributed by atoms with Crippen molar-refractivity contribution in [2.45, 2.75) is 0 Å². The molecule has 0 aliphatic carbocycles. The lowest BCUT2D eigenvalue weighted by Crippen LogP contribution is -2.36. The fourth-order valence-corrected chi connectivity index (χ4v) is 3.16. The zero-order valence-electron chi connectivity index (χ0n) is 15.8. The second kappa shape index (κ2) is 8.29. The largest absolute Gasteiger partial charge is 0.378 e. The van der Waals surface area contributed by atoms with Crippen molar-refractivity contribution in [3.8, 4) is 5.69 Å². The molecule has 4 rings (SSSR count). The summed E-state index contributed by atoms with van der Waals surface area (Å²) in [5.41, 5.74) is 1.61. The molecule has 0 spiro atoms. The van der Waals surface area contributed by atoms with Crippen LogP contribution in [-0.4, -0.2) is 46.9 Å². The smallest absolute Gasteiger partial charge is 0.269 e. The number of halogens is 1. The van der Waals surface area contributed by atoms with E-state index in [0.717, 1.165) is 0 Å². The first kappa shape index (κ1) is 19.5. The normalized spacial score (nSPS) is 13.8. The van der Waals surface area contributed by atoms with E-state index in [2.05, 4.69) is 10.4 Å². The van der Waals surface area contributed by atoms with Gasteiger partial charge in [0.05, 0.1) is 41.3 Å². The maximum atomic E-state index is 14.5. The molecule has 1 aromatic heterocycles. The van der Waals surface area contributed by atoms with E-state index in [1.807, 2.05) is 4.90 Å². The maximum absolute atomic E-state index is 14.5. The molecule has 30 heavy (non-hydrogen) atoms. The minimum atomic E-state index is -0.491. The lowest BCUT2D eigenvalue weighted by molar-refractivity contribution is -0.384. The second-order valence-corrected chi connectivity index (χ2v) is 6.67. The average Bonchev–Trinajstić information content (AvgIpc) is 3.25. The lowest BCUT2D eigenvalue weighted by Gasteiger charge is -2.29. The summed E-state index contributed by atoms with van der Waals surface area (Å²) >= 11 is 0. The number of hydrogen-bond donors (Lipinski definition) is 1. The number of nitrogens with one attached hydrogen (secondary N) is 1. The Hall–Kier alpha value is -3.79. The van der Waals surface area contributed by atoms with E-state index >= 15 is 0 Å². The Labute approximate surface area is 170 Å². The van der Waals surface area contributed by atoms with Crippen LogP contribution in [0, 0.1) is 15.9 Å². The SMILES string of the molecule is O=C(Nc1ccc(N2CCOCC2)c(F)c1)c1cnn(-c2ccc([N+](=O)[O-])cc2)c1. The van der Waals surface area contributed by atoms with Gasteiger partial charge in [-0.2, -0.15) is 5.10 Å². The number of nitro groups is 1. The van der Waals surface area contributed by atoms with E-state index in [9.17, 15) is 19.3 Å². The Bertz CT molecular complexity index is 1080. The highest BCUT2D eigenvalue weighted by molar-refractivity contribution is 6.04. The van der Waals surface area contributed by atoms with Crippen LogP contribution in [-0.2, 0) is 4.74 Å². The van der Waals surface area contributed by atoms with Crippen LogP contribution >= 0.6 is 0 Å². The summed E-state index contributed by atoms with van der Waals surface area (Å²) in [7, 11) is 0. The molecular formula is C20H18FN5O4. The van der Waals surface area contributed by atoms with Gasteiger partial charge >= 0.3 is 0 Å². The molecule has 2 heterocycles. The number of nitro benzene ring substituents is 1. The lowest BCUT2D eigenvalue weighted by atomic mass is 10.2. The molecule has 1 fully saturated rings. The van der Waals surface area contributed by atoms with Crippen molar-refractivity contribution >= 4 is 23.0 Å². The Morgan fingerprint density at radius 3 is 2.57 bits per heavy atom. The van der Waals surface area contributed by atoms with Gasteiger partial charge in [0, 0.05) is 37.1 Å². The van der Waals surface area contributed by atoms with E-state index in [1.165, 1.54) is 47.4 Å². The molecule has 2 aromatic carbocycles. The number of aromatic nitrogens is 2. The highest BCUT2D eigenvalue weighted by Crippen LogP contribution is 2.24. The van der Waals surface area contributed by atoms with Crippen LogP contribution in [0.5, 0.6) is 0 Å². The molecule has 10 heteroatoms. The fourth-order valence-electron chi connectivity index (χ4n) is 3.16. The van der Waals surface area contributed by atoms with Crippen LogP contribution < -0.4 is 10.2 Å². The summed E-state index contributed by atoms with van der Waals surface area (Å²) in [6.07, 6.45) is 2.87. The number of hydrogen-bond acceptors (Lipinski definition) is 6. The Morgan fingerprint density at radius 1 is 1.17 bits per heavy atom. The molecule has 3 aromatic rings. The third kappa shape index (κ3) is 4.13. The number of amides is 1. The summed E-state index contributed by atoms with van der Waals surface area (Å²) in [5, 5.41) is 17.5. The topological polar surface area (TPSA) is 103 Å². The molecule has 154 valence electrons. The van der Waals surface area contributed by atoms with E-state index < -0.39 is 16.6 Å². The molecule has 0 atom stereocenters. The third-order valence-corrected chi connectivity index (χ3v) is 4.73. The number of morpholine rings is 1. The zero-order valence-corrected chi connectivity index (χ0v) is 15.8. The molecule has 1 amide bonds. The number of carbonyl (C=O) groups excluding carboxylic acids is 1. The van der Waals surface area contributed by atoms with Crippen molar-refractivity contribution in [1.29, 1.82) is 0 Å². The summed E-state index contributed by atoms with van der Waals surface area (Å²) in [6.45, 7) is 2.34. The highest BCUT2D eigenvalue weighted by Gasteiger charge is 2.17. The number of benzene rings is 2. The van der Waals surface area contributed by atoms with Gasteiger partial charge in [-0.1, -0.05) is 0 Å². The van der Waals surface area contributed by atoms with E-state index in [0.29, 0.717) is 43.4 Å². The van der Waals surface area contributed by atoms with E-state index in [4.69, 9.17) is 4.74 Å². The van der Waals surface area contributed by atoms with E-state index in [-0.39, 0.29) is 11.3 Å². The van der Waals surface area contributed by atoms with Gasteiger partial charge in [-0.05, 0) is 30.3 Å². The van der Waals surface area contributed by atoms with Crippen LogP contribution in [0.4, 0.5) is 21.5 Å². The quantitative estimate of drug-likeness (QED) is 0.511. The predicted molar refractivity (Wildman–Crippen MR) is 108 cm³/mol. The number of rotatable bonds is 5. The summed E-state index contributed by atoms with van der Waals surface area (Å²) < 4.78 is 21.2. The molecule has 0 radical (unpaired) electrons. The van der Waals surface area contributed by atoms with Crippen LogP contribution in [0.25, 0.3) is 5.69 Å². The minimum Gasteiger partial charge on any atom is -0.378 e. The number of ether oxygens (including phenoxy) is 1. The molecule has 9 nitrogen and oxygen atoms in total. The van der Waals surface area contributed by atoms with Gasteiger partial charge in [0.2, 0.25) is 0 Å². The molecule has 0 unspecified atom stereocenters. The van der Waals surface area contributed by atoms with Crippen LogP contribution in [0.15, 0.2) is 54.9 Å². The summed E-state index contributed by atoms with van der Waals surface area (Å²) in [6, 6.07) is 10.3. The number of nitrogens with zero attached hydrogens (tertiary/aromatic N) is 4. The average molecular weight is 411 g/mol. The van der Waals surface area contributed by atoms with Crippen LogP contribution in [0.2, 0.25) is 0 Å². The van der Waals surface area contributed by atoms with E-state index in [1.54, 1.807) is 12.1 Å². The van der Waals surface area contributed by atoms with Gasteiger partial charge in [-0.25, -0.2) is 9.07 Å². The summed E-state index contributed by atoms with van der Waals surface area (Å²) in [4.78, 5) is 24.7. The standard InChI is InChI=1S/C20H18FN5O4/c21-18-11-15(1-6-19(18)24-7-9-30-10-8-24)23-20(27)14-12-22-25(13-14)16-2-4-17(5-3-16)26(28)29/h1-6,11-13H,7-10H2,(H,23,27). The van der Waals surface area contributed by atoms with Crippen molar-refractivity contribution in [1.82, 2.24) is 9.78 Å². The Balaban J connectivity index is 1.45. The molecule has 1 saturated heterocycles. The van der Waals surface area contributed by atoms with Crippen molar-refractivity contribution in [3.05, 3.63) is 76.4 Å². The molecule has 0 bridgehead atoms. The maximum Gasteiger partial charge on any atom is 0.269 e. The molecular weight excluding hydrogens is 393 g/mol. The molecule has 1 aliphatic rings. The Kier molecular flexibility index (Phi) is 5.40. The van der Waals surface area contributed by atoms with Gasteiger partial charge < -0.3 is 15.0 Å². The fraction of sp³-hybridized carbons (Fsp3) is 0.200. The van der Waals surface area contributed by atoms with Crippen LogP contribution in [0.3, 0.4) is 0 Å². The first-order valence-electron chi connectivity index (χ1n) is 9.24. The molecule has 1 N–H and O–H groups in total. The van der Waals surface area contributed by atoms with Crippen LogP contribution in [0.1, 0.15) is 10.4 Å². The third-order valence-electron chi connectivity index (χ3n) is 4.73. The number of carbonyl (C=O) groups is 1. The molecule has 0 saturated carbocycles. The number of anilines is 2. The van der Waals surface area contributed by atoms with Gasteiger partial charge in [0.1, 0.15) is 5.82 Å². The van der Waals surface area contributed by atoms with Crippen molar-refractivity contribution in [2.75, 3.05) is 36.5 Å². The highest BCUT2D eigenvalue weighted by atomic mass is 19.1. The predicted octanol–water partition coefficient (Wildman–Crippen LogP) is 3.01.